The van der Waals surface area contributed by atoms with E-state index in [1.54, 1.807) is 16.9 Å². The van der Waals surface area contributed by atoms with Crippen molar-refractivity contribution in [3.05, 3.63) is 59.7 Å². The molecule has 0 saturated carbocycles. The third kappa shape index (κ3) is 3.19. The largest absolute Gasteiger partial charge is 0.355 e. The van der Waals surface area contributed by atoms with Gasteiger partial charge in [-0.3, -0.25) is 14.5 Å². The highest BCUT2D eigenvalue weighted by Gasteiger charge is 2.17. The fraction of sp³-hybridized carbons (Fsp3) is 0.200. The van der Waals surface area contributed by atoms with Crippen LogP contribution in [-0.4, -0.2) is 25.8 Å². The van der Waals surface area contributed by atoms with Crippen molar-refractivity contribution >= 4 is 22.5 Å². The van der Waals surface area contributed by atoms with Gasteiger partial charge in [0.1, 0.15) is 0 Å². The predicted molar refractivity (Wildman–Crippen MR) is 103 cm³/mol. The molecule has 0 saturated heterocycles. The fourth-order valence-corrected chi connectivity index (χ4v) is 2.94. The Morgan fingerprint density at radius 2 is 2.07 bits per heavy atom. The van der Waals surface area contributed by atoms with Crippen LogP contribution in [0.2, 0.25) is 0 Å². The third-order valence-corrected chi connectivity index (χ3v) is 4.44. The molecule has 0 atom stereocenters. The summed E-state index contributed by atoms with van der Waals surface area (Å²) in [5, 5.41) is 12.0. The molecule has 7 heteroatoms. The fourth-order valence-electron chi connectivity index (χ4n) is 2.94. The molecule has 4 aromatic rings. The van der Waals surface area contributed by atoms with Crippen LogP contribution in [0.15, 0.2) is 47.2 Å². The molecule has 0 bridgehead atoms. The molecule has 1 aromatic carbocycles. The van der Waals surface area contributed by atoms with E-state index < -0.39 is 0 Å². The number of aromatic nitrogens is 4. The molecule has 3 aromatic heterocycles. The summed E-state index contributed by atoms with van der Waals surface area (Å²) in [5.41, 5.74) is 4.44. The number of pyridine rings is 1. The lowest BCUT2D eigenvalue weighted by atomic mass is 10.1. The number of fused-ring (bicyclic) bond motifs is 1. The van der Waals surface area contributed by atoms with E-state index in [1.807, 2.05) is 51.2 Å². The van der Waals surface area contributed by atoms with Gasteiger partial charge in [0.25, 0.3) is 5.91 Å². The van der Waals surface area contributed by atoms with Gasteiger partial charge in [0.15, 0.2) is 11.5 Å². The normalized spacial score (nSPS) is 11.1. The second-order valence-electron chi connectivity index (χ2n) is 6.39. The first-order valence-corrected chi connectivity index (χ1v) is 8.73. The summed E-state index contributed by atoms with van der Waals surface area (Å²) in [6.45, 7) is 6.64. The molecular weight excluding hydrogens is 342 g/mol. The first-order chi connectivity index (χ1) is 13.0. The zero-order valence-corrected chi connectivity index (χ0v) is 15.4. The lowest BCUT2D eigenvalue weighted by molar-refractivity contribution is 0.101. The number of rotatable bonds is 4. The molecule has 27 heavy (non-hydrogen) atoms. The van der Waals surface area contributed by atoms with Crippen molar-refractivity contribution in [2.45, 2.75) is 27.3 Å². The van der Waals surface area contributed by atoms with Crippen molar-refractivity contribution in [3.8, 4) is 11.3 Å². The molecule has 0 unspecified atom stereocenters. The summed E-state index contributed by atoms with van der Waals surface area (Å²) >= 11 is 0. The lowest BCUT2D eigenvalue weighted by Gasteiger charge is -2.11. The van der Waals surface area contributed by atoms with E-state index in [4.69, 9.17) is 4.52 Å². The molecular formula is C20H19N5O2. The zero-order valence-electron chi connectivity index (χ0n) is 15.4. The van der Waals surface area contributed by atoms with Crippen molar-refractivity contribution in [3.63, 3.8) is 0 Å². The summed E-state index contributed by atoms with van der Waals surface area (Å²) < 4.78 is 7.11. The average molecular weight is 361 g/mol. The van der Waals surface area contributed by atoms with Gasteiger partial charge in [0, 0.05) is 29.9 Å². The maximum absolute atomic E-state index is 12.7. The number of amides is 1. The van der Waals surface area contributed by atoms with E-state index >= 15 is 0 Å². The highest BCUT2D eigenvalue weighted by Crippen LogP contribution is 2.27. The summed E-state index contributed by atoms with van der Waals surface area (Å²) in [4.78, 5) is 17.2. The molecule has 1 amide bonds. The van der Waals surface area contributed by atoms with E-state index in [1.165, 1.54) is 0 Å². The predicted octanol–water partition coefficient (Wildman–Crippen LogP) is 3.98. The summed E-state index contributed by atoms with van der Waals surface area (Å²) in [7, 11) is 0. The quantitative estimate of drug-likeness (QED) is 0.594. The minimum atomic E-state index is -0.330. The lowest BCUT2D eigenvalue weighted by Crippen LogP contribution is -2.13. The van der Waals surface area contributed by atoms with Crippen LogP contribution >= 0.6 is 0 Å². The first-order valence-electron chi connectivity index (χ1n) is 8.73. The summed E-state index contributed by atoms with van der Waals surface area (Å²) in [5.74, 6) is 0.177. The van der Waals surface area contributed by atoms with Crippen LogP contribution in [0.4, 0.5) is 5.69 Å². The van der Waals surface area contributed by atoms with Gasteiger partial charge in [0.05, 0.1) is 23.0 Å². The van der Waals surface area contributed by atoms with Crippen molar-refractivity contribution in [2.75, 3.05) is 5.32 Å². The molecule has 0 aliphatic carbocycles. The monoisotopic (exact) mass is 361 g/mol. The molecule has 4 rings (SSSR count). The zero-order chi connectivity index (χ0) is 19.0. The second kappa shape index (κ2) is 6.68. The molecule has 0 spiro atoms. The Kier molecular flexibility index (Phi) is 4.19. The third-order valence-electron chi connectivity index (χ3n) is 4.44. The summed E-state index contributed by atoms with van der Waals surface area (Å²) in [6, 6.07) is 9.41. The Morgan fingerprint density at radius 3 is 2.85 bits per heavy atom. The van der Waals surface area contributed by atoms with Crippen molar-refractivity contribution < 1.29 is 9.32 Å². The van der Waals surface area contributed by atoms with Gasteiger partial charge in [-0.1, -0.05) is 11.2 Å². The molecule has 0 radical (unpaired) electrons. The van der Waals surface area contributed by atoms with Crippen molar-refractivity contribution in [2.24, 2.45) is 0 Å². The maximum Gasteiger partial charge on any atom is 0.277 e. The van der Waals surface area contributed by atoms with E-state index in [0.29, 0.717) is 5.76 Å². The van der Waals surface area contributed by atoms with Gasteiger partial charge in [-0.05, 0) is 44.5 Å². The number of nitrogens with one attached hydrogen (secondary N) is 1. The molecule has 3 heterocycles. The van der Waals surface area contributed by atoms with Gasteiger partial charge < -0.3 is 9.84 Å². The van der Waals surface area contributed by atoms with Crippen molar-refractivity contribution in [1.29, 1.82) is 0 Å². The first kappa shape index (κ1) is 17.0. The number of carbonyl (C=O) groups excluding carboxylic acids is 1. The smallest absolute Gasteiger partial charge is 0.277 e. The van der Waals surface area contributed by atoms with Gasteiger partial charge in [-0.25, -0.2) is 0 Å². The minimum Gasteiger partial charge on any atom is -0.355 e. The van der Waals surface area contributed by atoms with Gasteiger partial charge >= 0.3 is 0 Å². The molecule has 0 fully saturated rings. The SMILES string of the molecule is CCn1cc(-c2cc(C(=O)Nc3c(C)ccc4nc(C)ccc34)no2)cn1. The number of anilines is 1. The van der Waals surface area contributed by atoms with Crippen molar-refractivity contribution in [1.82, 2.24) is 19.9 Å². The maximum atomic E-state index is 12.7. The highest BCUT2D eigenvalue weighted by molar-refractivity contribution is 6.08. The van der Waals surface area contributed by atoms with Gasteiger partial charge in [-0.15, -0.1) is 0 Å². The Hall–Kier alpha value is -3.48. The van der Waals surface area contributed by atoms with Crippen LogP contribution in [-0.2, 0) is 6.54 Å². The Balaban J connectivity index is 1.63. The van der Waals surface area contributed by atoms with E-state index in [0.717, 1.165) is 40.0 Å². The van der Waals surface area contributed by atoms with Crippen LogP contribution in [0, 0.1) is 13.8 Å². The van der Waals surface area contributed by atoms with Crippen LogP contribution in [0.5, 0.6) is 0 Å². The molecule has 136 valence electrons. The van der Waals surface area contributed by atoms with Gasteiger partial charge in [0.2, 0.25) is 0 Å². The van der Waals surface area contributed by atoms with E-state index in [2.05, 4.69) is 20.6 Å². The molecule has 1 N–H and O–H groups in total. The topological polar surface area (TPSA) is 85.8 Å². The average Bonchev–Trinajstić information content (AvgIpc) is 3.32. The van der Waals surface area contributed by atoms with Gasteiger partial charge in [-0.2, -0.15) is 5.10 Å². The standard InChI is InChI=1S/C20H19N5O2/c1-4-25-11-14(10-21-25)18-9-17(24-27-18)20(26)23-19-12(2)5-8-16-15(19)7-6-13(3)22-16/h5-11H,4H2,1-3H3,(H,23,26). The Labute approximate surface area is 156 Å². The Bertz CT molecular complexity index is 1140. The number of hydrogen-bond acceptors (Lipinski definition) is 5. The molecule has 7 nitrogen and oxygen atoms in total. The second-order valence-corrected chi connectivity index (χ2v) is 6.39. The van der Waals surface area contributed by atoms with Crippen LogP contribution in [0.3, 0.4) is 0 Å². The number of aryl methyl sites for hydroxylation is 3. The van der Waals surface area contributed by atoms with Crippen LogP contribution < -0.4 is 5.32 Å². The number of hydrogen-bond donors (Lipinski definition) is 1. The minimum absolute atomic E-state index is 0.214. The highest BCUT2D eigenvalue weighted by atomic mass is 16.5. The Morgan fingerprint density at radius 1 is 1.22 bits per heavy atom. The number of carbonyl (C=O) groups is 1. The molecule has 0 aliphatic rings. The van der Waals surface area contributed by atoms with Crippen LogP contribution in [0.25, 0.3) is 22.2 Å². The number of nitrogens with zero attached hydrogens (tertiary/aromatic N) is 4. The summed E-state index contributed by atoms with van der Waals surface area (Å²) in [6.07, 6.45) is 3.54. The van der Waals surface area contributed by atoms with E-state index in [9.17, 15) is 4.79 Å². The number of benzene rings is 1. The van der Waals surface area contributed by atoms with E-state index in [-0.39, 0.29) is 11.6 Å². The molecule has 0 aliphatic heterocycles. The van der Waals surface area contributed by atoms with Crippen LogP contribution in [0.1, 0.15) is 28.7 Å².